The zero-order valence-electron chi connectivity index (χ0n) is 11.8. The lowest BCUT2D eigenvalue weighted by atomic mass is 10.2. The molecule has 0 aliphatic carbocycles. The average molecular weight is 386 g/mol. The Morgan fingerprint density at radius 3 is 2.33 bits per heavy atom. The average Bonchev–Trinajstić information content (AvgIpc) is 2.42. The molecular formula is C15H16BrNO2S2. The van der Waals surface area contributed by atoms with Crippen molar-refractivity contribution in [3.05, 3.63) is 52.5 Å². The van der Waals surface area contributed by atoms with Crippen LogP contribution in [0.2, 0.25) is 0 Å². The normalized spacial score (nSPS) is 11.6. The molecule has 1 N–H and O–H groups in total. The largest absolute Gasteiger partial charge is 0.316 e. The third-order valence-electron chi connectivity index (χ3n) is 2.86. The van der Waals surface area contributed by atoms with E-state index in [-0.39, 0.29) is 0 Å². The minimum Gasteiger partial charge on any atom is -0.316 e. The Hall–Kier alpha value is -0.820. The fourth-order valence-electron chi connectivity index (χ4n) is 1.82. The molecule has 0 saturated heterocycles. The first kappa shape index (κ1) is 16.5. The fraction of sp³-hybridized carbons (Fsp3) is 0.200. The Bertz CT molecular complexity index is 728. The summed E-state index contributed by atoms with van der Waals surface area (Å²) in [4.78, 5) is 2.45. The summed E-state index contributed by atoms with van der Waals surface area (Å²) in [6, 6.07) is 13.2. The molecule has 0 unspecified atom stereocenters. The molecule has 0 radical (unpaired) electrons. The minimum atomic E-state index is -3.14. The van der Waals surface area contributed by atoms with Gasteiger partial charge in [0.15, 0.2) is 9.84 Å². The van der Waals surface area contributed by atoms with E-state index >= 15 is 0 Å². The standard InChI is InChI=1S/C15H16BrNO2S2/c1-17-10-11-3-8-15(14(16)9-11)20-12-4-6-13(7-5-12)21(2,18)19/h3-9,17H,10H2,1-2H3. The second kappa shape index (κ2) is 6.96. The number of halogens is 1. The number of benzene rings is 2. The van der Waals surface area contributed by atoms with E-state index in [1.54, 1.807) is 23.9 Å². The first-order valence-corrected chi connectivity index (χ1v) is 9.81. The van der Waals surface area contributed by atoms with Crippen molar-refractivity contribution in [1.29, 1.82) is 0 Å². The molecule has 6 heteroatoms. The lowest BCUT2D eigenvalue weighted by Crippen LogP contribution is -2.04. The van der Waals surface area contributed by atoms with Crippen molar-refractivity contribution in [3.63, 3.8) is 0 Å². The Morgan fingerprint density at radius 2 is 1.81 bits per heavy atom. The molecule has 0 saturated carbocycles. The van der Waals surface area contributed by atoms with Crippen molar-refractivity contribution >= 4 is 37.5 Å². The van der Waals surface area contributed by atoms with Crippen molar-refractivity contribution in [2.75, 3.05) is 13.3 Å². The molecule has 2 aromatic carbocycles. The van der Waals surface area contributed by atoms with Crippen LogP contribution in [0.5, 0.6) is 0 Å². The van der Waals surface area contributed by atoms with Gasteiger partial charge < -0.3 is 5.32 Å². The van der Waals surface area contributed by atoms with Gasteiger partial charge in [0.1, 0.15) is 0 Å². The molecular weight excluding hydrogens is 370 g/mol. The maximum atomic E-state index is 11.4. The molecule has 2 aromatic rings. The third kappa shape index (κ3) is 4.57. The van der Waals surface area contributed by atoms with Gasteiger partial charge >= 0.3 is 0 Å². The van der Waals surface area contributed by atoms with Gasteiger partial charge in [-0.1, -0.05) is 17.8 Å². The number of sulfone groups is 1. The Balaban J connectivity index is 2.18. The molecule has 0 heterocycles. The molecule has 21 heavy (non-hydrogen) atoms. The molecule has 0 spiro atoms. The van der Waals surface area contributed by atoms with Crippen LogP contribution in [0.4, 0.5) is 0 Å². The molecule has 112 valence electrons. The predicted octanol–water partition coefficient (Wildman–Crippen LogP) is 3.72. The van der Waals surface area contributed by atoms with E-state index in [0.717, 1.165) is 20.8 Å². The van der Waals surface area contributed by atoms with Gasteiger partial charge in [0.25, 0.3) is 0 Å². The summed E-state index contributed by atoms with van der Waals surface area (Å²) in [6.07, 6.45) is 1.21. The van der Waals surface area contributed by atoms with Crippen LogP contribution in [0, 0.1) is 0 Å². The molecule has 3 nitrogen and oxygen atoms in total. The van der Waals surface area contributed by atoms with Crippen molar-refractivity contribution in [3.8, 4) is 0 Å². The molecule has 2 rings (SSSR count). The third-order valence-corrected chi connectivity index (χ3v) is 5.99. The van der Waals surface area contributed by atoms with Gasteiger partial charge in [0.2, 0.25) is 0 Å². The van der Waals surface area contributed by atoms with Crippen molar-refractivity contribution < 1.29 is 8.42 Å². The van der Waals surface area contributed by atoms with E-state index in [4.69, 9.17) is 0 Å². The van der Waals surface area contributed by atoms with E-state index in [2.05, 4.69) is 39.4 Å². The van der Waals surface area contributed by atoms with Gasteiger partial charge in [0, 0.05) is 27.1 Å². The zero-order chi connectivity index (χ0) is 15.5. The topological polar surface area (TPSA) is 46.2 Å². The zero-order valence-corrected chi connectivity index (χ0v) is 15.0. The van der Waals surface area contributed by atoms with Gasteiger partial charge in [-0.2, -0.15) is 0 Å². The monoisotopic (exact) mass is 385 g/mol. The van der Waals surface area contributed by atoms with Gasteiger partial charge in [-0.05, 0) is 64.9 Å². The lowest BCUT2D eigenvalue weighted by molar-refractivity contribution is 0.602. The van der Waals surface area contributed by atoms with E-state index < -0.39 is 9.84 Å². The summed E-state index contributed by atoms with van der Waals surface area (Å²) >= 11 is 5.17. The summed E-state index contributed by atoms with van der Waals surface area (Å²) in [5.41, 5.74) is 1.21. The second-order valence-corrected chi connectivity index (χ2v) is 8.63. The highest BCUT2D eigenvalue weighted by atomic mass is 79.9. The van der Waals surface area contributed by atoms with Crippen LogP contribution in [0.25, 0.3) is 0 Å². The smallest absolute Gasteiger partial charge is 0.175 e. The molecule has 0 amide bonds. The van der Waals surface area contributed by atoms with Crippen LogP contribution in [-0.4, -0.2) is 21.7 Å². The SMILES string of the molecule is CNCc1ccc(Sc2ccc(S(C)(=O)=O)cc2)c(Br)c1. The Kier molecular flexibility index (Phi) is 5.48. The van der Waals surface area contributed by atoms with Gasteiger partial charge in [-0.3, -0.25) is 0 Å². The summed E-state index contributed by atoms with van der Waals surface area (Å²) in [6.45, 7) is 0.826. The van der Waals surface area contributed by atoms with Crippen LogP contribution < -0.4 is 5.32 Å². The van der Waals surface area contributed by atoms with E-state index in [0.29, 0.717) is 4.90 Å². The summed E-state index contributed by atoms with van der Waals surface area (Å²) in [5, 5.41) is 3.12. The summed E-state index contributed by atoms with van der Waals surface area (Å²) < 4.78 is 23.9. The van der Waals surface area contributed by atoms with Crippen molar-refractivity contribution in [2.24, 2.45) is 0 Å². The predicted molar refractivity (Wildman–Crippen MR) is 90.6 cm³/mol. The highest BCUT2D eigenvalue weighted by molar-refractivity contribution is 9.10. The minimum absolute atomic E-state index is 0.343. The molecule has 0 bridgehead atoms. The first-order valence-electron chi connectivity index (χ1n) is 6.31. The second-order valence-electron chi connectivity index (χ2n) is 4.64. The number of nitrogens with one attached hydrogen (secondary N) is 1. The number of hydrogen-bond donors (Lipinski definition) is 1. The van der Waals surface area contributed by atoms with Crippen LogP contribution in [0.1, 0.15) is 5.56 Å². The summed E-state index contributed by atoms with van der Waals surface area (Å²) in [5.74, 6) is 0. The quantitative estimate of drug-likeness (QED) is 0.851. The molecule has 0 atom stereocenters. The van der Waals surface area contributed by atoms with Crippen molar-refractivity contribution in [1.82, 2.24) is 5.32 Å². The van der Waals surface area contributed by atoms with E-state index in [1.807, 2.05) is 19.2 Å². The van der Waals surface area contributed by atoms with E-state index in [9.17, 15) is 8.42 Å². The van der Waals surface area contributed by atoms with Crippen LogP contribution >= 0.6 is 27.7 Å². The maximum absolute atomic E-state index is 11.4. The van der Waals surface area contributed by atoms with Crippen LogP contribution in [-0.2, 0) is 16.4 Å². The maximum Gasteiger partial charge on any atom is 0.175 e. The fourth-order valence-corrected chi connectivity index (χ4v) is 3.94. The molecule has 0 aliphatic heterocycles. The molecule has 0 aromatic heterocycles. The van der Waals surface area contributed by atoms with Crippen molar-refractivity contribution in [2.45, 2.75) is 21.2 Å². The van der Waals surface area contributed by atoms with Crippen LogP contribution in [0.3, 0.4) is 0 Å². The lowest BCUT2D eigenvalue weighted by Gasteiger charge is -2.07. The van der Waals surface area contributed by atoms with Gasteiger partial charge in [-0.15, -0.1) is 0 Å². The Labute approximate surface area is 138 Å². The highest BCUT2D eigenvalue weighted by Crippen LogP contribution is 2.34. The van der Waals surface area contributed by atoms with Gasteiger partial charge in [0.05, 0.1) is 4.90 Å². The van der Waals surface area contributed by atoms with Crippen LogP contribution in [0.15, 0.2) is 61.6 Å². The highest BCUT2D eigenvalue weighted by Gasteiger charge is 2.08. The molecule has 0 fully saturated rings. The van der Waals surface area contributed by atoms with Gasteiger partial charge in [-0.25, -0.2) is 8.42 Å². The summed E-state index contributed by atoms with van der Waals surface area (Å²) in [7, 11) is -1.22. The molecule has 0 aliphatic rings. The number of hydrogen-bond acceptors (Lipinski definition) is 4. The number of rotatable bonds is 5. The first-order chi connectivity index (χ1) is 9.90. The van der Waals surface area contributed by atoms with E-state index in [1.165, 1.54) is 11.8 Å². The Morgan fingerprint density at radius 1 is 1.14 bits per heavy atom.